The molecule has 6 nitrogen and oxygen atoms in total. The predicted octanol–water partition coefficient (Wildman–Crippen LogP) is 1.72. The number of H-pyrrole nitrogens is 1. The lowest BCUT2D eigenvalue weighted by molar-refractivity contribution is 0.553. The Bertz CT molecular complexity index is 946. The first-order valence-corrected chi connectivity index (χ1v) is 7.44. The number of hydrogen-bond acceptors (Lipinski definition) is 4. The summed E-state index contributed by atoms with van der Waals surface area (Å²) >= 11 is 0. The molecule has 3 aromatic rings. The minimum Gasteiger partial charge on any atom is -0.316 e. The summed E-state index contributed by atoms with van der Waals surface area (Å²) in [5.74, 6) is 1.65. The third-order valence-electron chi connectivity index (χ3n) is 4.93. The predicted molar refractivity (Wildman–Crippen MR) is 77.3 cm³/mol. The second kappa shape index (κ2) is 3.50. The van der Waals surface area contributed by atoms with Crippen molar-refractivity contribution < 1.29 is 0 Å². The number of hydrogen-bond donors (Lipinski definition) is 1. The largest absolute Gasteiger partial charge is 0.316 e. The van der Waals surface area contributed by atoms with Gasteiger partial charge in [0.1, 0.15) is 5.82 Å². The highest BCUT2D eigenvalue weighted by atomic mass is 16.1. The Kier molecular flexibility index (Phi) is 1.90. The topological polar surface area (TPSA) is 75.9 Å². The van der Waals surface area contributed by atoms with Gasteiger partial charge in [-0.3, -0.25) is 9.20 Å². The second-order valence-corrected chi connectivity index (χ2v) is 6.39. The highest BCUT2D eigenvalue weighted by Gasteiger charge is 2.58. The molecule has 0 aromatic carbocycles. The van der Waals surface area contributed by atoms with Gasteiger partial charge in [0.25, 0.3) is 5.56 Å². The highest BCUT2D eigenvalue weighted by Crippen LogP contribution is 2.61. The molecule has 6 heteroatoms. The van der Waals surface area contributed by atoms with Crippen LogP contribution in [0.3, 0.4) is 0 Å². The number of fused-ring (bicyclic) bond motifs is 3. The van der Waals surface area contributed by atoms with Crippen LogP contribution in [0.1, 0.15) is 37.2 Å². The van der Waals surface area contributed by atoms with Gasteiger partial charge in [0.05, 0.1) is 5.52 Å². The third-order valence-corrected chi connectivity index (χ3v) is 4.93. The smallest absolute Gasteiger partial charge is 0.294 e. The molecule has 106 valence electrons. The van der Waals surface area contributed by atoms with Crippen molar-refractivity contribution in [2.24, 2.45) is 5.92 Å². The molecule has 0 radical (unpaired) electrons. The molecule has 0 unspecified atom stereocenters. The van der Waals surface area contributed by atoms with Crippen LogP contribution >= 0.6 is 0 Å². The van der Waals surface area contributed by atoms with Crippen molar-refractivity contribution in [3.63, 3.8) is 0 Å². The Morgan fingerprint density at radius 2 is 2.05 bits per heavy atom. The molecule has 0 bridgehead atoms. The van der Waals surface area contributed by atoms with Gasteiger partial charge < -0.3 is 4.98 Å². The number of nitrogens with zero attached hydrogens (tertiary/aromatic N) is 4. The van der Waals surface area contributed by atoms with Gasteiger partial charge >= 0.3 is 0 Å². The zero-order chi connectivity index (χ0) is 14.2. The fourth-order valence-corrected chi connectivity index (χ4v) is 3.53. The average Bonchev–Trinajstić information content (AvgIpc) is 3.36. The summed E-state index contributed by atoms with van der Waals surface area (Å²) in [5.41, 5.74) is 2.74. The van der Waals surface area contributed by atoms with Crippen LogP contribution in [0, 0.1) is 12.8 Å². The first kappa shape index (κ1) is 11.4. The van der Waals surface area contributed by atoms with E-state index in [4.69, 9.17) is 0 Å². The molecule has 2 aliphatic carbocycles. The van der Waals surface area contributed by atoms with E-state index in [0.29, 0.717) is 11.6 Å². The van der Waals surface area contributed by atoms with Gasteiger partial charge in [-0.1, -0.05) is 0 Å². The van der Waals surface area contributed by atoms with Crippen LogP contribution in [0.4, 0.5) is 0 Å². The van der Waals surface area contributed by atoms with Gasteiger partial charge in [0.15, 0.2) is 5.65 Å². The zero-order valence-corrected chi connectivity index (χ0v) is 11.8. The molecule has 2 saturated carbocycles. The molecular weight excluding hydrogens is 266 g/mol. The number of pyridine rings is 1. The maximum Gasteiger partial charge on any atom is 0.294 e. The molecule has 5 rings (SSSR count). The number of aryl methyl sites for hydroxylation is 1. The van der Waals surface area contributed by atoms with Gasteiger partial charge in [-0.15, -0.1) is 10.2 Å². The summed E-state index contributed by atoms with van der Waals surface area (Å²) in [7, 11) is 0. The molecule has 2 aliphatic rings. The molecule has 3 heterocycles. The molecule has 3 aromatic heterocycles. The Morgan fingerprint density at radius 1 is 1.24 bits per heavy atom. The van der Waals surface area contributed by atoms with Crippen molar-refractivity contribution in [3.05, 3.63) is 34.0 Å². The lowest BCUT2D eigenvalue weighted by Gasteiger charge is -2.12. The van der Waals surface area contributed by atoms with Crippen molar-refractivity contribution in [2.45, 2.75) is 38.0 Å². The van der Waals surface area contributed by atoms with E-state index in [0.717, 1.165) is 35.5 Å². The normalized spacial score (nSPS) is 20.2. The van der Waals surface area contributed by atoms with Crippen LogP contribution in [0.5, 0.6) is 0 Å². The Balaban J connectivity index is 1.93. The summed E-state index contributed by atoms with van der Waals surface area (Å²) in [4.78, 5) is 19.7. The van der Waals surface area contributed by atoms with Crippen LogP contribution < -0.4 is 5.56 Å². The second-order valence-electron chi connectivity index (χ2n) is 6.39. The van der Waals surface area contributed by atoms with Crippen LogP contribution in [-0.4, -0.2) is 24.6 Å². The molecular formula is C15H15N5O. The zero-order valence-electron chi connectivity index (χ0n) is 11.8. The first-order valence-electron chi connectivity index (χ1n) is 7.44. The van der Waals surface area contributed by atoms with Crippen molar-refractivity contribution >= 4 is 16.8 Å². The number of rotatable bonds is 2. The lowest BCUT2D eigenvalue weighted by atomic mass is 10.00. The maximum absolute atomic E-state index is 12.2. The monoisotopic (exact) mass is 281 g/mol. The molecule has 21 heavy (non-hydrogen) atoms. The summed E-state index contributed by atoms with van der Waals surface area (Å²) < 4.78 is 1.90. The minimum atomic E-state index is -0.196. The molecule has 0 saturated heterocycles. The van der Waals surface area contributed by atoms with Crippen molar-refractivity contribution in [3.8, 4) is 0 Å². The van der Waals surface area contributed by atoms with E-state index in [2.05, 4.69) is 20.2 Å². The summed E-state index contributed by atoms with van der Waals surface area (Å²) in [6.45, 7) is 1.95. The third kappa shape index (κ3) is 1.42. The van der Waals surface area contributed by atoms with E-state index in [1.165, 1.54) is 12.8 Å². The Morgan fingerprint density at radius 3 is 2.76 bits per heavy atom. The quantitative estimate of drug-likeness (QED) is 0.776. The van der Waals surface area contributed by atoms with Gasteiger partial charge in [0, 0.05) is 11.1 Å². The van der Waals surface area contributed by atoms with E-state index < -0.39 is 0 Å². The minimum absolute atomic E-state index is 0.144. The Labute approximate surface area is 120 Å². The number of nitrogens with one attached hydrogen (secondary N) is 1. The van der Waals surface area contributed by atoms with Crippen molar-refractivity contribution in [1.29, 1.82) is 0 Å². The summed E-state index contributed by atoms with van der Waals surface area (Å²) in [6.07, 6.45) is 4.84. The van der Waals surface area contributed by atoms with E-state index in [1.54, 1.807) is 0 Å². The number of aromatic amines is 1. The van der Waals surface area contributed by atoms with Gasteiger partial charge in [-0.05, 0) is 50.7 Å². The SMILES string of the molecule is Cc1ccc2[nH]c(=O)c3nnc(C4(C5CC5)CC4)n3c2n1. The van der Waals surface area contributed by atoms with Gasteiger partial charge in [-0.2, -0.15) is 0 Å². The molecule has 1 N–H and O–H groups in total. The number of aromatic nitrogens is 5. The molecule has 2 fully saturated rings. The molecule has 0 aliphatic heterocycles. The Hall–Kier alpha value is -2.24. The van der Waals surface area contributed by atoms with Gasteiger partial charge in [0.2, 0.25) is 5.65 Å². The van der Waals surface area contributed by atoms with Crippen LogP contribution in [-0.2, 0) is 5.41 Å². The fraction of sp³-hybridized carbons (Fsp3) is 0.467. The molecule has 0 spiro atoms. The molecule has 0 amide bonds. The van der Waals surface area contributed by atoms with Gasteiger partial charge in [-0.25, -0.2) is 4.98 Å². The van der Waals surface area contributed by atoms with Crippen LogP contribution in [0.15, 0.2) is 16.9 Å². The van der Waals surface area contributed by atoms with Crippen LogP contribution in [0.25, 0.3) is 16.8 Å². The lowest BCUT2D eigenvalue weighted by Crippen LogP contribution is -2.18. The molecule has 0 atom stereocenters. The first-order chi connectivity index (χ1) is 10.2. The fourth-order valence-electron chi connectivity index (χ4n) is 3.53. The maximum atomic E-state index is 12.2. The highest BCUT2D eigenvalue weighted by molar-refractivity contribution is 5.73. The van der Waals surface area contributed by atoms with Crippen LogP contribution in [0.2, 0.25) is 0 Å². The average molecular weight is 281 g/mol. The standard InChI is InChI=1S/C15H15N5O/c1-8-2-5-10-11(16-8)20-12(13(21)17-10)18-19-14(20)15(6-7-15)9-3-4-9/h2,5,9H,3-4,6-7H2,1H3,(H,17,21). The van der Waals surface area contributed by atoms with E-state index in [9.17, 15) is 4.79 Å². The van der Waals surface area contributed by atoms with E-state index in [-0.39, 0.29) is 11.0 Å². The van der Waals surface area contributed by atoms with Crippen molar-refractivity contribution in [2.75, 3.05) is 0 Å². The summed E-state index contributed by atoms with van der Waals surface area (Å²) in [6, 6.07) is 3.81. The van der Waals surface area contributed by atoms with E-state index >= 15 is 0 Å². The summed E-state index contributed by atoms with van der Waals surface area (Å²) in [5, 5.41) is 8.53. The van der Waals surface area contributed by atoms with Crippen molar-refractivity contribution in [1.82, 2.24) is 24.6 Å². The van der Waals surface area contributed by atoms with E-state index in [1.807, 2.05) is 23.5 Å².